The summed E-state index contributed by atoms with van der Waals surface area (Å²) < 4.78 is 44.5. The maximum atomic E-state index is 13.0. The van der Waals surface area contributed by atoms with E-state index in [9.17, 15) is 18.0 Å². The molecule has 0 saturated heterocycles. The molecule has 0 fully saturated rings. The standard InChI is InChI=1S/C17H18F3NO3S/c1-2-3-4-7-24-14-6-5-12(17(18,19)20)8-11(14)9-15-21-13(10-25-15)16(22)23/h5-6,8,10H,2-4,7,9H2,1H3,(H,22,23). The molecule has 4 nitrogen and oxygen atoms in total. The molecule has 0 atom stereocenters. The van der Waals surface area contributed by atoms with Crippen LogP contribution in [0, 0.1) is 0 Å². The molecule has 1 aromatic carbocycles. The van der Waals surface area contributed by atoms with Crippen molar-refractivity contribution in [2.24, 2.45) is 0 Å². The number of hydrogen-bond donors (Lipinski definition) is 1. The SMILES string of the molecule is CCCCCOc1ccc(C(F)(F)F)cc1Cc1nc(C(=O)O)cs1. The second-order valence-electron chi connectivity index (χ2n) is 5.48. The largest absolute Gasteiger partial charge is 0.493 e. The number of halogens is 3. The number of rotatable bonds is 8. The third-order valence-electron chi connectivity index (χ3n) is 3.51. The Balaban J connectivity index is 2.24. The Morgan fingerprint density at radius 3 is 2.68 bits per heavy atom. The van der Waals surface area contributed by atoms with Crippen LogP contribution >= 0.6 is 11.3 Å². The van der Waals surface area contributed by atoms with Crippen molar-refractivity contribution in [3.8, 4) is 5.75 Å². The van der Waals surface area contributed by atoms with E-state index < -0.39 is 17.7 Å². The van der Waals surface area contributed by atoms with Crippen molar-refractivity contribution in [3.05, 3.63) is 45.4 Å². The molecule has 2 aromatic rings. The number of unbranched alkanes of at least 4 members (excludes halogenated alkanes) is 2. The minimum Gasteiger partial charge on any atom is -0.493 e. The van der Waals surface area contributed by atoms with Gasteiger partial charge in [0.2, 0.25) is 0 Å². The fourth-order valence-corrected chi connectivity index (χ4v) is 3.01. The second kappa shape index (κ2) is 8.33. The molecule has 0 aliphatic carbocycles. The highest BCUT2D eigenvalue weighted by atomic mass is 32.1. The van der Waals surface area contributed by atoms with E-state index in [2.05, 4.69) is 4.98 Å². The van der Waals surface area contributed by atoms with Gasteiger partial charge in [0, 0.05) is 17.4 Å². The molecule has 0 aliphatic rings. The molecule has 0 aliphatic heterocycles. The molecule has 25 heavy (non-hydrogen) atoms. The van der Waals surface area contributed by atoms with Gasteiger partial charge in [0.15, 0.2) is 5.69 Å². The molecule has 2 rings (SSSR count). The van der Waals surface area contributed by atoms with E-state index in [0.717, 1.165) is 42.7 Å². The van der Waals surface area contributed by atoms with Crippen LogP contribution in [0.2, 0.25) is 0 Å². The number of nitrogens with zero attached hydrogens (tertiary/aromatic N) is 1. The van der Waals surface area contributed by atoms with Gasteiger partial charge in [0.25, 0.3) is 0 Å². The number of carboxylic acids is 1. The number of hydrogen-bond acceptors (Lipinski definition) is 4. The van der Waals surface area contributed by atoms with Crippen molar-refractivity contribution in [1.82, 2.24) is 4.98 Å². The fourth-order valence-electron chi connectivity index (χ4n) is 2.22. The van der Waals surface area contributed by atoms with E-state index in [-0.39, 0.29) is 12.1 Å². The average molecular weight is 373 g/mol. The Morgan fingerprint density at radius 2 is 2.08 bits per heavy atom. The lowest BCUT2D eigenvalue weighted by molar-refractivity contribution is -0.137. The molecule has 0 spiro atoms. The Bertz CT molecular complexity index is 728. The summed E-state index contributed by atoms with van der Waals surface area (Å²) >= 11 is 1.10. The number of alkyl halides is 3. The van der Waals surface area contributed by atoms with Crippen LogP contribution in [0.3, 0.4) is 0 Å². The maximum Gasteiger partial charge on any atom is 0.416 e. The van der Waals surface area contributed by atoms with E-state index in [1.165, 1.54) is 11.4 Å². The van der Waals surface area contributed by atoms with Crippen molar-refractivity contribution < 1.29 is 27.8 Å². The first-order valence-electron chi connectivity index (χ1n) is 7.82. The summed E-state index contributed by atoms with van der Waals surface area (Å²) in [5, 5.41) is 10.7. The van der Waals surface area contributed by atoms with Gasteiger partial charge in [-0.15, -0.1) is 11.3 Å². The van der Waals surface area contributed by atoms with Crippen molar-refractivity contribution in [2.75, 3.05) is 6.61 Å². The molecule has 0 saturated carbocycles. The van der Waals surface area contributed by atoms with Crippen LogP contribution in [-0.4, -0.2) is 22.7 Å². The number of benzene rings is 1. The van der Waals surface area contributed by atoms with Gasteiger partial charge in [-0.25, -0.2) is 9.78 Å². The quantitative estimate of drug-likeness (QED) is 0.660. The number of aromatic nitrogens is 1. The van der Waals surface area contributed by atoms with Gasteiger partial charge in [-0.1, -0.05) is 19.8 Å². The number of thiazole rings is 1. The lowest BCUT2D eigenvalue weighted by atomic mass is 10.1. The smallest absolute Gasteiger partial charge is 0.416 e. The number of carbonyl (C=O) groups is 1. The summed E-state index contributed by atoms with van der Waals surface area (Å²) in [6, 6.07) is 3.34. The van der Waals surface area contributed by atoms with Crippen LogP contribution in [0.1, 0.15) is 52.8 Å². The number of aromatic carboxylic acids is 1. The Morgan fingerprint density at radius 1 is 1.32 bits per heavy atom. The number of carboxylic acid groups (broad SMARTS) is 1. The summed E-state index contributed by atoms with van der Waals surface area (Å²) in [5.41, 5.74) is -0.534. The van der Waals surface area contributed by atoms with Gasteiger partial charge < -0.3 is 9.84 Å². The lowest BCUT2D eigenvalue weighted by Crippen LogP contribution is -2.08. The zero-order chi connectivity index (χ0) is 18.4. The molecule has 0 radical (unpaired) electrons. The highest BCUT2D eigenvalue weighted by molar-refractivity contribution is 7.09. The predicted octanol–water partition coefficient (Wildman–Crippen LogP) is 5.02. The van der Waals surface area contributed by atoms with Crippen molar-refractivity contribution in [3.63, 3.8) is 0 Å². The third kappa shape index (κ3) is 5.45. The molecule has 0 bridgehead atoms. The zero-order valence-electron chi connectivity index (χ0n) is 13.6. The Labute approximate surface area is 147 Å². The van der Waals surface area contributed by atoms with Crippen molar-refractivity contribution in [2.45, 2.75) is 38.8 Å². The van der Waals surface area contributed by atoms with Crippen LogP contribution < -0.4 is 4.74 Å². The van der Waals surface area contributed by atoms with Crippen molar-refractivity contribution in [1.29, 1.82) is 0 Å². The van der Waals surface area contributed by atoms with E-state index in [4.69, 9.17) is 9.84 Å². The van der Waals surface area contributed by atoms with Gasteiger partial charge >= 0.3 is 12.1 Å². The molecule has 1 N–H and O–H groups in total. The fraction of sp³-hybridized carbons (Fsp3) is 0.412. The second-order valence-corrected chi connectivity index (χ2v) is 6.43. The minimum absolute atomic E-state index is 0.0883. The van der Waals surface area contributed by atoms with E-state index in [0.29, 0.717) is 22.9 Å². The van der Waals surface area contributed by atoms with E-state index >= 15 is 0 Å². The summed E-state index contributed by atoms with van der Waals surface area (Å²) in [4.78, 5) is 14.8. The van der Waals surface area contributed by atoms with Crippen LogP contribution in [0.4, 0.5) is 13.2 Å². The van der Waals surface area contributed by atoms with Crippen molar-refractivity contribution >= 4 is 17.3 Å². The van der Waals surface area contributed by atoms with Crippen LogP contribution in [0.15, 0.2) is 23.6 Å². The molecular formula is C17H18F3NO3S. The molecule has 0 unspecified atom stereocenters. The normalized spacial score (nSPS) is 11.5. The monoisotopic (exact) mass is 373 g/mol. The van der Waals surface area contributed by atoms with Gasteiger partial charge in [-0.2, -0.15) is 13.2 Å². The third-order valence-corrected chi connectivity index (χ3v) is 4.35. The van der Waals surface area contributed by atoms with Gasteiger partial charge in [0.05, 0.1) is 17.2 Å². The summed E-state index contributed by atoms with van der Waals surface area (Å²) in [5.74, 6) is -0.793. The van der Waals surface area contributed by atoms with Gasteiger partial charge in [0.1, 0.15) is 5.75 Å². The first kappa shape index (κ1) is 19.2. The van der Waals surface area contributed by atoms with E-state index in [1.54, 1.807) is 0 Å². The Hall–Kier alpha value is -2.09. The molecule has 1 aromatic heterocycles. The molecular weight excluding hydrogens is 355 g/mol. The first-order chi connectivity index (χ1) is 11.8. The minimum atomic E-state index is -4.45. The summed E-state index contributed by atoms with van der Waals surface area (Å²) in [6.45, 7) is 2.47. The molecule has 0 amide bonds. The molecule has 1 heterocycles. The van der Waals surface area contributed by atoms with Crippen LogP contribution in [-0.2, 0) is 12.6 Å². The highest BCUT2D eigenvalue weighted by Gasteiger charge is 2.31. The summed E-state index contributed by atoms with van der Waals surface area (Å²) in [6.07, 6.45) is -1.56. The Kier molecular flexibility index (Phi) is 6.41. The predicted molar refractivity (Wildman–Crippen MR) is 88.3 cm³/mol. The van der Waals surface area contributed by atoms with Gasteiger partial charge in [-0.05, 0) is 24.6 Å². The molecule has 8 heteroatoms. The zero-order valence-corrected chi connectivity index (χ0v) is 14.4. The summed E-state index contributed by atoms with van der Waals surface area (Å²) in [7, 11) is 0. The molecule has 136 valence electrons. The maximum absolute atomic E-state index is 13.0. The van der Waals surface area contributed by atoms with Crippen LogP contribution in [0.25, 0.3) is 0 Å². The number of ether oxygens (including phenoxy) is 1. The first-order valence-corrected chi connectivity index (χ1v) is 8.70. The topological polar surface area (TPSA) is 59.4 Å². The average Bonchev–Trinajstić information content (AvgIpc) is 3.00. The van der Waals surface area contributed by atoms with Crippen LogP contribution in [0.5, 0.6) is 5.75 Å². The lowest BCUT2D eigenvalue weighted by Gasteiger charge is -2.14. The highest BCUT2D eigenvalue weighted by Crippen LogP contribution is 2.34. The van der Waals surface area contributed by atoms with Gasteiger partial charge in [-0.3, -0.25) is 0 Å². The van der Waals surface area contributed by atoms with E-state index in [1.807, 2.05) is 6.92 Å².